The molecule has 0 aliphatic rings. The smallest absolute Gasteiger partial charge is 0.133 e. The van der Waals surface area contributed by atoms with Crippen molar-refractivity contribution >= 4 is 11.6 Å². The summed E-state index contributed by atoms with van der Waals surface area (Å²) in [6, 6.07) is 3.83. The fraction of sp³-hybridized carbons (Fsp3) is 0.364. The molecule has 2 aromatic heterocycles. The molecule has 94 valence electrons. The van der Waals surface area contributed by atoms with Gasteiger partial charge in [-0.1, -0.05) is 11.6 Å². The molecular weight excluding hydrogens is 254 g/mol. The first-order valence-corrected chi connectivity index (χ1v) is 5.78. The van der Waals surface area contributed by atoms with E-state index in [1.807, 2.05) is 6.07 Å². The van der Waals surface area contributed by atoms with Gasteiger partial charge in [-0.25, -0.2) is 0 Å². The summed E-state index contributed by atoms with van der Waals surface area (Å²) in [6.45, 7) is 0.200. The van der Waals surface area contributed by atoms with Gasteiger partial charge in [-0.05, 0) is 6.07 Å². The van der Waals surface area contributed by atoms with Gasteiger partial charge in [0.25, 0.3) is 0 Å². The molecule has 2 rings (SSSR count). The number of nitriles is 1. The van der Waals surface area contributed by atoms with Crippen LogP contribution in [0.2, 0.25) is 5.15 Å². The van der Waals surface area contributed by atoms with Crippen LogP contribution in [0.1, 0.15) is 12.0 Å². The summed E-state index contributed by atoms with van der Waals surface area (Å²) in [5.41, 5.74) is 1.93. The Hall–Kier alpha value is -1.84. The Labute approximate surface area is 109 Å². The molecule has 0 fully saturated rings. The fourth-order valence-corrected chi connectivity index (χ4v) is 2.01. The number of hydrogen-bond donors (Lipinski definition) is 1. The van der Waals surface area contributed by atoms with Crippen LogP contribution in [0.25, 0.3) is 11.4 Å². The zero-order valence-corrected chi connectivity index (χ0v) is 10.6. The maximum absolute atomic E-state index is 9.40. The number of aliphatic hydroxyl groups is 1. The van der Waals surface area contributed by atoms with Crippen LogP contribution in [0.4, 0.5) is 0 Å². The summed E-state index contributed by atoms with van der Waals surface area (Å²) in [4.78, 5) is 0. The van der Waals surface area contributed by atoms with Crippen molar-refractivity contribution < 1.29 is 5.11 Å². The number of aryl methyl sites for hydroxylation is 2. The lowest BCUT2D eigenvalue weighted by Gasteiger charge is -1.99. The van der Waals surface area contributed by atoms with Crippen LogP contribution >= 0.6 is 11.6 Å². The minimum atomic E-state index is -0.202. The molecule has 18 heavy (non-hydrogen) atoms. The van der Waals surface area contributed by atoms with Gasteiger partial charge in [0.05, 0.1) is 31.3 Å². The molecule has 6 nitrogen and oxygen atoms in total. The van der Waals surface area contributed by atoms with Crippen molar-refractivity contribution in [3.05, 3.63) is 23.0 Å². The van der Waals surface area contributed by atoms with E-state index in [1.165, 1.54) is 4.68 Å². The highest BCUT2D eigenvalue weighted by Gasteiger charge is 2.18. The molecule has 0 saturated carbocycles. The Morgan fingerprint density at radius 1 is 1.56 bits per heavy atom. The summed E-state index contributed by atoms with van der Waals surface area (Å²) < 4.78 is 3.19. The quantitative estimate of drug-likeness (QED) is 0.905. The highest BCUT2D eigenvalue weighted by atomic mass is 35.5. The molecule has 1 N–H and O–H groups in total. The minimum Gasteiger partial charge on any atom is -0.391 e. The lowest BCUT2D eigenvalue weighted by molar-refractivity contribution is 0.282. The predicted molar refractivity (Wildman–Crippen MR) is 65.6 cm³/mol. The second-order valence-electron chi connectivity index (χ2n) is 3.75. The van der Waals surface area contributed by atoms with E-state index in [-0.39, 0.29) is 6.61 Å². The van der Waals surface area contributed by atoms with E-state index in [9.17, 15) is 5.11 Å². The topological polar surface area (TPSA) is 79.7 Å². The van der Waals surface area contributed by atoms with E-state index in [0.717, 1.165) is 5.69 Å². The van der Waals surface area contributed by atoms with E-state index in [0.29, 0.717) is 29.4 Å². The molecule has 0 saturated heterocycles. The SMILES string of the molecule is Cn1nccc1-c1nn(CCC#N)c(Cl)c1CO. The minimum absolute atomic E-state index is 0.202. The molecule has 2 heterocycles. The van der Waals surface area contributed by atoms with Crippen LogP contribution in [-0.4, -0.2) is 24.7 Å². The van der Waals surface area contributed by atoms with Crippen molar-refractivity contribution in [2.24, 2.45) is 7.05 Å². The van der Waals surface area contributed by atoms with Gasteiger partial charge in [0.15, 0.2) is 0 Å². The molecule has 0 aliphatic carbocycles. The number of aromatic nitrogens is 4. The number of aliphatic hydroxyl groups excluding tert-OH is 1. The Balaban J connectivity index is 2.48. The van der Waals surface area contributed by atoms with Crippen molar-refractivity contribution in [3.8, 4) is 17.5 Å². The molecule has 0 unspecified atom stereocenters. The van der Waals surface area contributed by atoms with Gasteiger partial charge >= 0.3 is 0 Å². The largest absolute Gasteiger partial charge is 0.391 e. The summed E-state index contributed by atoms with van der Waals surface area (Å²) in [7, 11) is 1.79. The van der Waals surface area contributed by atoms with Crippen molar-refractivity contribution in [2.75, 3.05) is 0 Å². The summed E-state index contributed by atoms with van der Waals surface area (Å²) >= 11 is 6.14. The first-order chi connectivity index (χ1) is 8.69. The van der Waals surface area contributed by atoms with Gasteiger partial charge in [0.2, 0.25) is 0 Å². The molecule has 0 atom stereocenters. The van der Waals surface area contributed by atoms with Crippen LogP contribution in [-0.2, 0) is 20.2 Å². The Bertz CT molecular complexity index is 595. The normalized spacial score (nSPS) is 10.6. The third-order valence-electron chi connectivity index (χ3n) is 2.64. The maximum atomic E-state index is 9.40. The summed E-state index contributed by atoms with van der Waals surface area (Å²) in [6.07, 6.45) is 1.97. The molecule has 2 aromatic rings. The monoisotopic (exact) mass is 265 g/mol. The van der Waals surface area contributed by atoms with Gasteiger partial charge in [-0.2, -0.15) is 15.5 Å². The second-order valence-corrected chi connectivity index (χ2v) is 4.11. The van der Waals surface area contributed by atoms with Gasteiger partial charge < -0.3 is 5.11 Å². The summed E-state index contributed by atoms with van der Waals surface area (Å²) in [5, 5.41) is 26.7. The predicted octanol–water partition coefficient (Wildman–Crippen LogP) is 1.34. The molecule has 0 bridgehead atoms. The van der Waals surface area contributed by atoms with E-state index < -0.39 is 0 Å². The van der Waals surface area contributed by atoms with Crippen LogP contribution < -0.4 is 0 Å². The average Bonchev–Trinajstić information content (AvgIpc) is 2.90. The number of halogens is 1. The highest BCUT2D eigenvalue weighted by molar-refractivity contribution is 6.30. The standard InChI is InChI=1S/C11H12ClN5O/c1-16-9(3-5-14-16)10-8(7-18)11(12)17(15-10)6-2-4-13/h3,5,18H,2,6-7H2,1H3. The number of hydrogen-bond acceptors (Lipinski definition) is 4. The molecule has 0 radical (unpaired) electrons. The van der Waals surface area contributed by atoms with Crippen molar-refractivity contribution in [2.45, 2.75) is 19.6 Å². The number of rotatable bonds is 4. The Morgan fingerprint density at radius 2 is 2.33 bits per heavy atom. The van der Waals surface area contributed by atoms with Gasteiger partial charge in [0.1, 0.15) is 10.8 Å². The fourth-order valence-electron chi connectivity index (χ4n) is 1.73. The molecule has 0 aromatic carbocycles. The second kappa shape index (κ2) is 5.21. The molecule has 0 amide bonds. The maximum Gasteiger partial charge on any atom is 0.133 e. The van der Waals surface area contributed by atoms with E-state index in [2.05, 4.69) is 10.2 Å². The number of nitrogens with zero attached hydrogens (tertiary/aromatic N) is 5. The van der Waals surface area contributed by atoms with Crippen LogP contribution in [0.15, 0.2) is 12.3 Å². The summed E-state index contributed by atoms with van der Waals surface area (Å²) in [5.74, 6) is 0. The molecular formula is C11H12ClN5O. The van der Waals surface area contributed by atoms with Gasteiger partial charge in [0, 0.05) is 18.8 Å². The van der Waals surface area contributed by atoms with E-state index in [1.54, 1.807) is 24.0 Å². The van der Waals surface area contributed by atoms with Crippen LogP contribution in [0.5, 0.6) is 0 Å². The molecule has 0 spiro atoms. The zero-order chi connectivity index (χ0) is 13.1. The zero-order valence-electron chi connectivity index (χ0n) is 9.84. The van der Waals surface area contributed by atoms with Crippen molar-refractivity contribution in [1.82, 2.24) is 19.6 Å². The lowest BCUT2D eigenvalue weighted by atomic mass is 10.2. The van der Waals surface area contributed by atoms with Crippen molar-refractivity contribution in [1.29, 1.82) is 5.26 Å². The average molecular weight is 266 g/mol. The van der Waals surface area contributed by atoms with Crippen LogP contribution in [0.3, 0.4) is 0 Å². The van der Waals surface area contributed by atoms with E-state index in [4.69, 9.17) is 16.9 Å². The van der Waals surface area contributed by atoms with E-state index >= 15 is 0 Å². The van der Waals surface area contributed by atoms with Crippen molar-refractivity contribution in [3.63, 3.8) is 0 Å². The third kappa shape index (κ3) is 2.10. The van der Waals surface area contributed by atoms with Gasteiger partial charge in [-0.15, -0.1) is 0 Å². The van der Waals surface area contributed by atoms with Gasteiger partial charge in [-0.3, -0.25) is 9.36 Å². The molecule has 0 aliphatic heterocycles. The Kier molecular flexibility index (Phi) is 3.65. The Morgan fingerprint density at radius 3 is 2.89 bits per heavy atom. The highest BCUT2D eigenvalue weighted by Crippen LogP contribution is 2.28. The third-order valence-corrected chi connectivity index (χ3v) is 3.06. The first kappa shape index (κ1) is 12.6. The first-order valence-electron chi connectivity index (χ1n) is 5.40. The molecule has 7 heteroatoms. The lowest BCUT2D eigenvalue weighted by Crippen LogP contribution is -2.00. The van der Waals surface area contributed by atoms with Crippen LogP contribution in [0, 0.1) is 11.3 Å².